The van der Waals surface area contributed by atoms with E-state index in [4.69, 9.17) is 5.73 Å². The summed E-state index contributed by atoms with van der Waals surface area (Å²) in [4.78, 5) is 0. The SMILES string of the molecule is N[C@@H](CC1CCCCC1)[C@@H](O)CCCC1S(=O)(=O)CCCS1(=O)=O. The molecule has 142 valence electrons. The van der Waals surface area contributed by atoms with Gasteiger partial charge in [0, 0.05) is 6.04 Å². The van der Waals surface area contributed by atoms with Crippen LogP contribution in [0, 0.1) is 5.92 Å². The summed E-state index contributed by atoms with van der Waals surface area (Å²) in [5, 5.41) is 10.2. The van der Waals surface area contributed by atoms with Crippen LogP contribution in [-0.4, -0.2) is 50.2 Å². The zero-order valence-corrected chi connectivity index (χ0v) is 15.9. The molecule has 0 spiro atoms. The molecule has 1 saturated heterocycles. The highest BCUT2D eigenvalue weighted by atomic mass is 32.3. The lowest BCUT2D eigenvalue weighted by Gasteiger charge is -2.27. The Hall–Kier alpha value is -0.180. The summed E-state index contributed by atoms with van der Waals surface area (Å²) in [6, 6.07) is -0.312. The number of hydrogen-bond acceptors (Lipinski definition) is 6. The molecule has 3 N–H and O–H groups in total. The lowest BCUT2D eigenvalue weighted by atomic mass is 9.83. The van der Waals surface area contributed by atoms with Crippen LogP contribution in [0.4, 0.5) is 0 Å². The van der Waals surface area contributed by atoms with Gasteiger partial charge in [0.15, 0.2) is 24.3 Å². The van der Waals surface area contributed by atoms with E-state index in [2.05, 4.69) is 0 Å². The van der Waals surface area contributed by atoms with Gasteiger partial charge in [0.05, 0.1) is 17.6 Å². The van der Waals surface area contributed by atoms with Crippen molar-refractivity contribution in [3.63, 3.8) is 0 Å². The summed E-state index contributed by atoms with van der Waals surface area (Å²) in [5.74, 6) is 0.462. The van der Waals surface area contributed by atoms with Crippen LogP contribution in [0.2, 0.25) is 0 Å². The third kappa shape index (κ3) is 5.41. The largest absolute Gasteiger partial charge is 0.392 e. The molecule has 2 rings (SSSR count). The zero-order valence-electron chi connectivity index (χ0n) is 14.3. The molecule has 2 aliphatic rings. The first-order chi connectivity index (χ1) is 11.2. The van der Waals surface area contributed by atoms with Crippen LogP contribution >= 0.6 is 0 Å². The van der Waals surface area contributed by atoms with Gasteiger partial charge in [-0.25, -0.2) is 16.8 Å². The molecule has 1 aliphatic carbocycles. The Kier molecular flexibility index (Phi) is 7.10. The molecular weight excluding hydrogens is 350 g/mol. The molecule has 2 fully saturated rings. The van der Waals surface area contributed by atoms with Crippen molar-refractivity contribution < 1.29 is 21.9 Å². The molecular formula is C16H31NO5S2. The maximum Gasteiger partial charge on any atom is 0.167 e. The monoisotopic (exact) mass is 381 g/mol. The second kappa shape index (κ2) is 8.47. The van der Waals surface area contributed by atoms with Gasteiger partial charge in [0.2, 0.25) is 0 Å². The van der Waals surface area contributed by atoms with E-state index in [0.29, 0.717) is 18.8 Å². The molecule has 0 aromatic heterocycles. The summed E-state index contributed by atoms with van der Waals surface area (Å²) >= 11 is 0. The van der Waals surface area contributed by atoms with Gasteiger partial charge in [0.25, 0.3) is 0 Å². The van der Waals surface area contributed by atoms with Gasteiger partial charge in [0.1, 0.15) is 0 Å². The Labute approximate surface area is 146 Å². The molecule has 0 bridgehead atoms. The standard InChI is InChI=1S/C16H31NO5S2/c17-14(12-13-6-2-1-3-7-13)15(18)8-4-9-16-23(19,20)10-5-11-24(16,21)22/h13-16,18H,1-12,17H2/t14-,15-/m0/s1. The topological polar surface area (TPSA) is 115 Å². The molecule has 0 aromatic carbocycles. The van der Waals surface area contributed by atoms with Crippen molar-refractivity contribution in [2.75, 3.05) is 11.5 Å². The summed E-state index contributed by atoms with van der Waals surface area (Å²) in [6.45, 7) is 0. The fourth-order valence-corrected chi connectivity index (χ4v) is 9.20. The average molecular weight is 382 g/mol. The molecule has 6 nitrogen and oxygen atoms in total. The molecule has 1 saturated carbocycles. The number of aliphatic hydroxyl groups excluding tert-OH is 1. The number of aliphatic hydroxyl groups is 1. The lowest BCUT2D eigenvalue weighted by molar-refractivity contribution is 0.115. The molecule has 0 unspecified atom stereocenters. The van der Waals surface area contributed by atoms with E-state index in [9.17, 15) is 21.9 Å². The molecule has 24 heavy (non-hydrogen) atoms. The van der Waals surface area contributed by atoms with Crippen LogP contribution in [0.5, 0.6) is 0 Å². The van der Waals surface area contributed by atoms with Gasteiger partial charge in [-0.05, 0) is 38.0 Å². The molecule has 0 aromatic rings. The van der Waals surface area contributed by atoms with E-state index in [1.807, 2.05) is 0 Å². The quantitative estimate of drug-likeness (QED) is 0.688. The Morgan fingerprint density at radius 2 is 1.54 bits per heavy atom. The number of nitrogens with two attached hydrogens (primary N) is 1. The molecule has 1 aliphatic heterocycles. The number of rotatable bonds is 7. The highest BCUT2D eigenvalue weighted by molar-refractivity contribution is 8.09. The van der Waals surface area contributed by atoms with E-state index < -0.39 is 30.4 Å². The van der Waals surface area contributed by atoms with Crippen LogP contribution in [0.25, 0.3) is 0 Å². The zero-order chi connectivity index (χ0) is 17.8. The van der Waals surface area contributed by atoms with Crippen LogP contribution in [0.1, 0.15) is 64.2 Å². The number of sulfone groups is 2. The van der Waals surface area contributed by atoms with E-state index >= 15 is 0 Å². The van der Waals surface area contributed by atoms with Crippen molar-refractivity contribution in [1.82, 2.24) is 0 Å². The van der Waals surface area contributed by atoms with Gasteiger partial charge in [-0.3, -0.25) is 0 Å². The van der Waals surface area contributed by atoms with Gasteiger partial charge in [-0.15, -0.1) is 0 Å². The summed E-state index contributed by atoms with van der Waals surface area (Å²) in [6.07, 6.45) is 7.14. The minimum absolute atomic E-state index is 0.0549. The van der Waals surface area contributed by atoms with E-state index in [-0.39, 0.29) is 30.4 Å². The Morgan fingerprint density at radius 3 is 2.12 bits per heavy atom. The van der Waals surface area contributed by atoms with Crippen molar-refractivity contribution in [3.05, 3.63) is 0 Å². The van der Waals surface area contributed by atoms with Crippen molar-refractivity contribution in [1.29, 1.82) is 0 Å². The Bertz CT molecular complexity index is 562. The Morgan fingerprint density at radius 1 is 0.958 bits per heavy atom. The summed E-state index contributed by atoms with van der Waals surface area (Å²) in [5.41, 5.74) is 6.09. The summed E-state index contributed by atoms with van der Waals surface area (Å²) in [7, 11) is -7.15. The van der Waals surface area contributed by atoms with Crippen molar-refractivity contribution >= 4 is 19.7 Å². The highest BCUT2D eigenvalue weighted by Crippen LogP contribution is 2.29. The van der Waals surface area contributed by atoms with Crippen LogP contribution in [-0.2, 0) is 19.7 Å². The van der Waals surface area contributed by atoms with Crippen LogP contribution in [0.15, 0.2) is 0 Å². The number of hydrogen-bond donors (Lipinski definition) is 2. The van der Waals surface area contributed by atoms with Gasteiger partial charge >= 0.3 is 0 Å². The lowest BCUT2D eigenvalue weighted by Crippen LogP contribution is -2.40. The van der Waals surface area contributed by atoms with E-state index in [1.54, 1.807) is 0 Å². The van der Waals surface area contributed by atoms with Gasteiger partial charge < -0.3 is 10.8 Å². The van der Waals surface area contributed by atoms with Gasteiger partial charge in [-0.1, -0.05) is 32.1 Å². The predicted molar refractivity (Wildman–Crippen MR) is 95.0 cm³/mol. The predicted octanol–water partition coefficient (Wildman–Crippen LogP) is 1.37. The van der Waals surface area contributed by atoms with E-state index in [1.165, 1.54) is 32.1 Å². The first-order valence-electron chi connectivity index (χ1n) is 9.09. The second-order valence-electron chi connectivity index (χ2n) is 7.42. The van der Waals surface area contributed by atoms with Crippen LogP contribution in [0.3, 0.4) is 0 Å². The minimum Gasteiger partial charge on any atom is -0.392 e. The van der Waals surface area contributed by atoms with E-state index in [0.717, 1.165) is 6.42 Å². The second-order valence-corrected chi connectivity index (χ2v) is 12.3. The fourth-order valence-electron chi connectivity index (χ4n) is 3.98. The smallest absolute Gasteiger partial charge is 0.167 e. The van der Waals surface area contributed by atoms with Gasteiger partial charge in [-0.2, -0.15) is 0 Å². The van der Waals surface area contributed by atoms with Crippen molar-refractivity contribution in [2.45, 2.75) is 80.9 Å². The normalized spacial score (nSPS) is 27.6. The van der Waals surface area contributed by atoms with Crippen molar-refractivity contribution in [2.24, 2.45) is 11.7 Å². The van der Waals surface area contributed by atoms with Crippen LogP contribution < -0.4 is 5.73 Å². The average Bonchev–Trinajstić information content (AvgIpc) is 2.50. The molecule has 2 atom stereocenters. The third-order valence-corrected chi connectivity index (χ3v) is 11.0. The third-order valence-electron chi connectivity index (χ3n) is 5.42. The maximum atomic E-state index is 12.0. The first-order valence-corrected chi connectivity index (χ1v) is 12.5. The Balaban J connectivity index is 1.79. The van der Waals surface area contributed by atoms with Crippen molar-refractivity contribution in [3.8, 4) is 0 Å². The molecule has 1 heterocycles. The fraction of sp³-hybridized carbons (Fsp3) is 1.00. The maximum absolute atomic E-state index is 12.0. The first kappa shape index (κ1) is 20.1. The highest BCUT2D eigenvalue weighted by Gasteiger charge is 2.40. The minimum atomic E-state index is -3.57. The summed E-state index contributed by atoms with van der Waals surface area (Å²) < 4.78 is 46.7. The molecule has 0 amide bonds. The molecule has 8 heteroatoms. The molecule has 0 radical (unpaired) electrons.